The van der Waals surface area contributed by atoms with E-state index < -0.39 is 0 Å². The lowest BCUT2D eigenvalue weighted by Gasteiger charge is -2.17. The molecule has 1 aliphatic rings. The second-order valence-electron chi connectivity index (χ2n) is 6.54. The van der Waals surface area contributed by atoms with Crippen LogP contribution < -0.4 is 0 Å². The third-order valence-electron chi connectivity index (χ3n) is 4.80. The Balaban J connectivity index is 1.79. The van der Waals surface area contributed by atoms with Gasteiger partial charge >= 0.3 is 0 Å². The predicted octanol–water partition coefficient (Wildman–Crippen LogP) is 3.84. The zero-order chi connectivity index (χ0) is 16.3. The van der Waals surface area contributed by atoms with Gasteiger partial charge < -0.3 is 5.11 Å². The molecule has 5 nitrogen and oxygen atoms in total. The first-order valence-corrected chi connectivity index (χ1v) is 8.96. The topological polar surface area (TPSA) is 63.3 Å². The number of rotatable bonds is 1. The summed E-state index contributed by atoms with van der Waals surface area (Å²) in [6, 6.07) is 7.09. The summed E-state index contributed by atoms with van der Waals surface area (Å²) in [5.41, 5.74) is 3.10. The minimum absolute atomic E-state index is 0.222. The van der Waals surface area contributed by atoms with Crippen molar-refractivity contribution in [3.63, 3.8) is 0 Å². The van der Waals surface area contributed by atoms with Gasteiger partial charge in [0.15, 0.2) is 11.5 Å². The second kappa shape index (κ2) is 5.01. The van der Waals surface area contributed by atoms with Crippen molar-refractivity contribution < 1.29 is 5.11 Å². The smallest absolute Gasteiger partial charge is 0.172 e. The fraction of sp³-hybridized carbons (Fsp3) is 0.278. The number of phenolic OH excluding ortho intramolecular Hbond substituents is 1. The highest BCUT2D eigenvalue weighted by atomic mass is 32.1. The fourth-order valence-electron chi connectivity index (χ4n) is 3.59. The summed E-state index contributed by atoms with van der Waals surface area (Å²) in [6.07, 6.45) is 5.27. The normalized spacial score (nSPS) is 17.5. The van der Waals surface area contributed by atoms with Crippen LogP contribution >= 0.6 is 11.3 Å². The van der Waals surface area contributed by atoms with Crippen LogP contribution in [0.4, 0.5) is 0 Å². The quantitative estimate of drug-likeness (QED) is 0.574. The van der Waals surface area contributed by atoms with E-state index in [1.165, 1.54) is 16.9 Å². The van der Waals surface area contributed by atoms with E-state index in [1.54, 1.807) is 29.8 Å². The summed E-state index contributed by atoms with van der Waals surface area (Å²) in [4.78, 5) is 7.16. The predicted molar refractivity (Wildman–Crippen MR) is 94.5 cm³/mol. The lowest BCUT2D eigenvalue weighted by atomic mass is 9.89. The molecule has 0 radical (unpaired) electrons. The molecule has 0 spiro atoms. The molecule has 3 heterocycles. The van der Waals surface area contributed by atoms with Crippen LogP contribution in [0.25, 0.3) is 27.3 Å². The molecule has 120 valence electrons. The van der Waals surface area contributed by atoms with Crippen LogP contribution in [0.1, 0.15) is 23.8 Å². The van der Waals surface area contributed by atoms with Crippen molar-refractivity contribution >= 4 is 27.2 Å². The molecule has 24 heavy (non-hydrogen) atoms. The first-order chi connectivity index (χ1) is 11.7. The van der Waals surface area contributed by atoms with Crippen LogP contribution in [0.2, 0.25) is 0 Å². The first-order valence-electron chi connectivity index (χ1n) is 8.14. The van der Waals surface area contributed by atoms with Gasteiger partial charge in [0.05, 0.1) is 5.39 Å². The first kappa shape index (κ1) is 13.9. The maximum Gasteiger partial charge on any atom is 0.172 e. The third-order valence-corrected chi connectivity index (χ3v) is 6.00. The Labute approximate surface area is 142 Å². The Morgan fingerprint density at radius 1 is 1.29 bits per heavy atom. The average molecular weight is 336 g/mol. The van der Waals surface area contributed by atoms with Gasteiger partial charge in [0.1, 0.15) is 16.9 Å². The van der Waals surface area contributed by atoms with Crippen molar-refractivity contribution in [3.05, 3.63) is 41.0 Å². The lowest BCUT2D eigenvalue weighted by molar-refractivity contribution is 0.475. The van der Waals surface area contributed by atoms with E-state index in [0.717, 1.165) is 34.3 Å². The van der Waals surface area contributed by atoms with Crippen molar-refractivity contribution in [2.24, 2.45) is 5.92 Å². The average Bonchev–Trinajstić information content (AvgIpc) is 3.15. The third kappa shape index (κ3) is 1.96. The highest BCUT2D eigenvalue weighted by molar-refractivity contribution is 7.19. The summed E-state index contributed by atoms with van der Waals surface area (Å²) in [7, 11) is 0. The van der Waals surface area contributed by atoms with Crippen molar-refractivity contribution in [1.82, 2.24) is 19.6 Å². The molecule has 0 saturated carbocycles. The van der Waals surface area contributed by atoms with Gasteiger partial charge in [-0.3, -0.25) is 4.40 Å². The second-order valence-corrected chi connectivity index (χ2v) is 7.63. The Hall–Kier alpha value is -2.47. The molecule has 0 amide bonds. The molecule has 1 atom stereocenters. The Kier molecular flexibility index (Phi) is 2.91. The van der Waals surface area contributed by atoms with Crippen molar-refractivity contribution in [2.45, 2.75) is 26.2 Å². The minimum Gasteiger partial charge on any atom is -0.508 e. The number of nitrogens with zero attached hydrogens (tertiary/aromatic N) is 4. The van der Waals surface area contributed by atoms with Crippen LogP contribution in [0, 0.1) is 5.92 Å². The van der Waals surface area contributed by atoms with Gasteiger partial charge in [-0.25, -0.2) is 4.98 Å². The molecule has 3 aromatic heterocycles. The standard InChI is InChI=1S/C18H16N4OS/c1-10-5-6-14-13(7-10)15-17-21-20-16(11-3-2-4-12(23)8-11)22(17)9-19-18(15)24-14/h2-4,8-10,23H,5-7H2,1H3/t10-/m1/s1. The summed E-state index contributed by atoms with van der Waals surface area (Å²) in [5.74, 6) is 1.63. The Morgan fingerprint density at radius 2 is 2.21 bits per heavy atom. The lowest BCUT2D eigenvalue weighted by Crippen LogP contribution is -2.09. The monoisotopic (exact) mass is 336 g/mol. The molecule has 0 bridgehead atoms. The molecule has 1 aliphatic carbocycles. The van der Waals surface area contributed by atoms with Gasteiger partial charge in [0.25, 0.3) is 0 Å². The zero-order valence-electron chi connectivity index (χ0n) is 13.2. The minimum atomic E-state index is 0.222. The van der Waals surface area contributed by atoms with Crippen LogP contribution in [0.15, 0.2) is 30.6 Å². The maximum absolute atomic E-state index is 9.74. The van der Waals surface area contributed by atoms with E-state index in [-0.39, 0.29) is 5.75 Å². The van der Waals surface area contributed by atoms with E-state index in [9.17, 15) is 5.11 Å². The molecule has 0 saturated heterocycles. The van der Waals surface area contributed by atoms with E-state index >= 15 is 0 Å². The summed E-state index contributed by atoms with van der Waals surface area (Å²) in [6.45, 7) is 2.31. The number of fused-ring (bicyclic) bond motifs is 5. The number of phenols is 1. The number of benzene rings is 1. The van der Waals surface area contributed by atoms with Crippen LogP contribution in [0.3, 0.4) is 0 Å². The SMILES string of the molecule is C[C@@H]1CCc2sc3ncn4c(-c5cccc(O)c5)nnc4c3c2C1. The number of aromatic nitrogens is 4. The van der Waals surface area contributed by atoms with Gasteiger partial charge in [0.2, 0.25) is 0 Å². The van der Waals surface area contributed by atoms with Gasteiger partial charge in [-0.2, -0.15) is 0 Å². The molecule has 6 heteroatoms. The fourth-order valence-corrected chi connectivity index (χ4v) is 4.77. The molecule has 0 fully saturated rings. The highest BCUT2D eigenvalue weighted by Gasteiger charge is 2.24. The molecular formula is C18H16N4OS. The molecule has 1 aromatic carbocycles. The van der Waals surface area contributed by atoms with E-state index in [2.05, 4.69) is 22.1 Å². The summed E-state index contributed by atoms with van der Waals surface area (Å²) >= 11 is 1.79. The van der Waals surface area contributed by atoms with Crippen molar-refractivity contribution in [3.8, 4) is 17.1 Å². The number of hydrogen-bond acceptors (Lipinski definition) is 5. The zero-order valence-corrected chi connectivity index (χ0v) is 14.0. The van der Waals surface area contributed by atoms with Crippen LogP contribution in [-0.4, -0.2) is 24.7 Å². The molecular weight excluding hydrogens is 320 g/mol. The molecule has 0 unspecified atom stereocenters. The molecule has 0 aliphatic heterocycles. The maximum atomic E-state index is 9.74. The van der Waals surface area contributed by atoms with E-state index in [0.29, 0.717) is 11.7 Å². The summed E-state index contributed by atoms with van der Waals surface area (Å²) in [5, 5.41) is 19.7. The van der Waals surface area contributed by atoms with E-state index in [4.69, 9.17) is 0 Å². The molecule has 5 rings (SSSR count). The van der Waals surface area contributed by atoms with Crippen LogP contribution in [0.5, 0.6) is 5.75 Å². The van der Waals surface area contributed by atoms with Crippen LogP contribution in [-0.2, 0) is 12.8 Å². The van der Waals surface area contributed by atoms with Gasteiger partial charge in [-0.05, 0) is 42.9 Å². The van der Waals surface area contributed by atoms with Gasteiger partial charge in [-0.15, -0.1) is 21.5 Å². The molecule has 4 aromatic rings. The Morgan fingerprint density at radius 3 is 3.08 bits per heavy atom. The van der Waals surface area contributed by atoms with Gasteiger partial charge in [-0.1, -0.05) is 19.1 Å². The molecule has 1 N–H and O–H groups in total. The highest BCUT2D eigenvalue weighted by Crippen LogP contribution is 2.39. The number of aromatic hydroxyl groups is 1. The number of aryl methyl sites for hydroxylation is 1. The van der Waals surface area contributed by atoms with Gasteiger partial charge in [0, 0.05) is 10.4 Å². The van der Waals surface area contributed by atoms with Crippen molar-refractivity contribution in [1.29, 1.82) is 0 Å². The number of thiophene rings is 1. The summed E-state index contributed by atoms with van der Waals surface area (Å²) < 4.78 is 1.93. The largest absolute Gasteiger partial charge is 0.508 e. The Bertz CT molecular complexity index is 1080. The number of hydrogen-bond donors (Lipinski definition) is 1. The van der Waals surface area contributed by atoms with Crippen molar-refractivity contribution in [2.75, 3.05) is 0 Å². The van der Waals surface area contributed by atoms with E-state index in [1.807, 2.05) is 16.5 Å².